The molecule has 5 nitrogen and oxygen atoms in total. The molecule has 2 rings (SSSR count). The van der Waals surface area contributed by atoms with Crippen LogP contribution in [-0.2, 0) is 9.53 Å². The Morgan fingerprint density at radius 3 is 2.57 bits per heavy atom. The summed E-state index contributed by atoms with van der Waals surface area (Å²) in [4.78, 5) is 24.1. The summed E-state index contributed by atoms with van der Waals surface area (Å²) in [5.41, 5.74) is 1.09. The van der Waals surface area contributed by atoms with Crippen molar-refractivity contribution >= 4 is 58.4 Å². The van der Waals surface area contributed by atoms with Gasteiger partial charge in [-0.3, -0.25) is 0 Å². The zero-order chi connectivity index (χ0) is 17.2. The summed E-state index contributed by atoms with van der Waals surface area (Å²) in [6.07, 6.45) is 0. The lowest BCUT2D eigenvalue weighted by atomic mass is 9.95. The van der Waals surface area contributed by atoms with Crippen LogP contribution >= 0.6 is 46.4 Å². The van der Waals surface area contributed by atoms with E-state index in [1.54, 1.807) is 31.2 Å². The van der Waals surface area contributed by atoms with Gasteiger partial charge in [-0.15, -0.1) is 0 Å². The topological polar surface area (TPSA) is 67.4 Å². The van der Waals surface area contributed by atoms with E-state index in [-0.39, 0.29) is 5.57 Å². The van der Waals surface area contributed by atoms with Gasteiger partial charge in [0.05, 0.1) is 11.6 Å². The van der Waals surface area contributed by atoms with E-state index in [1.165, 1.54) is 0 Å². The molecule has 0 saturated carbocycles. The fraction of sp³-hybridized carbons (Fsp3) is 0.286. The summed E-state index contributed by atoms with van der Waals surface area (Å²) in [7, 11) is 0. The van der Waals surface area contributed by atoms with Gasteiger partial charge in [-0.2, -0.15) is 0 Å². The third kappa shape index (κ3) is 4.67. The van der Waals surface area contributed by atoms with Gasteiger partial charge in [-0.25, -0.2) is 9.59 Å². The van der Waals surface area contributed by atoms with Crippen LogP contribution in [0, 0.1) is 0 Å². The first-order valence-corrected chi connectivity index (χ1v) is 7.97. The summed E-state index contributed by atoms with van der Waals surface area (Å²) in [6, 6.07) is 5.63. The molecule has 0 aliphatic carbocycles. The molecule has 0 aromatic heterocycles. The lowest BCUT2D eigenvalue weighted by Crippen LogP contribution is -2.45. The van der Waals surface area contributed by atoms with Crippen molar-refractivity contribution in [3.8, 4) is 0 Å². The third-order valence-corrected chi connectivity index (χ3v) is 3.74. The maximum absolute atomic E-state index is 12.4. The van der Waals surface area contributed by atoms with Crippen LogP contribution in [0.5, 0.6) is 0 Å². The number of hydrogen-bond donors (Lipinski definition) is 2. The Morgan fingerprint density at radius 1 is 1.30 bits per heavy atom. The number of amides is 2. The number of hydrogen-bond acceptors (Lipinski definition) is 3. The number of allylic oxidation sites excluding steroid dienone is 1. The van der Waals surface area contributed by atoms with Gasteiger partial charge in [0.15, 0.2) is 0 Å². The van der Waals surface area contributed by atoms with Crippen LogP contribution in [0.15, 0.2) is 35.5 Å². The summed E-state index contributed by atoms with van der Waals surface area (Å²) in [6.45, 7) is 1.16. The van der Waals surface area contributed by atoms with Crippen molar-refractivity contribution < 1.29 is 14.3 Å². The Balaban J connectivity index is 2.36. The molecule has 0 unspecified atom stereocenters. The molecule has 0 spiro atoms. The Hall–Kier alpha value is -1.14. The van der Waals surface area contributed by atoms with Crippen molar-refractivity contribution in [2.75, 3.05) is 6.61 Å². The molecule has 2 amide bonds. The second-order valence-corrected chi connectivity index (χ2v) is 7.71. The largest absolute Gasteiger partial charge is 0.458 e. The van der Waals surface area contributed by atoms with E-state index in [1.807, 2.05) is 0 Å². The van der Waals surface area contributed by atoms with Gasteiger partial charge in [0, 0.05) is 10.7 Å². The van der Waals surface area contributed by atoms with Gasteiger partial charge in [-0.1, -0.05) is 64.6 Å². The van der Waals surface area contributed by atoms with Crippen LogP contribution in [0.4, 0.5) is 4.79 Å². The molecule has 9 heteroatoms. The highest BCUT2D eigenvalue weighted by Gasteiger charge is 2.34. The maximum Gasteiger partial charge on any atom is 0.338 e. The van der Waals surface area contributed by atoms with Crippen LogP contribution in [0.1, 0.15) is 18.5 Å². The summed E-state index contributed by atoms with van der Waals surface area (Å²) in [5.74, 6) is -0.716. The lowest BCUT2D eigenvalue weighted by Gasteiger charge is -2.29. The van der Waals surface area contributed by atoms with Crippen LogP contribution in [0.2, 0.25) is 5.02 Å². The van der Waals surface area contributed by atoms with E-state index >= 15 is 0 Å². The monoisotopic (exact) mass is 396 g/mol. The number of esters is 1. The Morgan fingerprint density at radius 2 is 1.96 bits per heavy atom. The zero-order valence-electron chi connectivity index (χ0n) is 11.8. The number of carbonyl (C=O) groups is 2. The number of nitrogens with one attached hydrogen (secondary N) is 2. The third-order valence-electron chi connectivity index (χ3n) is 3.07. The molecule has 1 heterocycles. The van der Waals surface area contributed by atoms with E-state index in [9.17, 15) is 9.59 Å². The fourth-order valence-corrected chi connectivity index (χ4v) is 2.54. The van der Waals surface area contributed by atoms with Crippen molar-refractivity contribution in [1.29, 1.82) is 0 Å². The van der Waals surface area contributed by atoms with Crippen molar-refractivity contribution in [3.05, 3.63) is 46.1 Å². The maximum atomic E-state index is 12.4. The molecule has 1 aliphatic rings. The second-order valence-electron chi connectivity index (χ2n) is 4.78. The van der Waals surface area contributed by atoms with Crippen molar-refractivity contribution in [1.82, 2.24) is 10.6 Å². The molecule has 0 radical (unpaired) electrons. The number of carbonyl (C=O) groups excluding carboxylic acids is 2. The summed E-state index contributed by atoms with van der Waals surface area (Å²) in [5, 5.41) is 5.56. The Bertz CT molecular complexity index is 670. The average molecular weight is 398 g/mol. The van der Waals surface area contributed by atoms with Gasteiger partial charge >= 0.3 is 12.0 Å². The number of urea groups is 1. The quantitative estimate of drug-likeness (QED) is 0.600. The van der Waals surface area contributed by atoms with Crippen LogP contribution in [0.3, 0.4) is 0 Å². The highest BCUT2D eigenvalue weighted by Crippen LogP contribution is 2.33. The Kier molecular flexibility index (Phi) is 5.68. The Labute approximate surface area is 152 Å². The van der Waals surface area contributed by atoms with Crippen LogP contribution < -0.4 is 10.6 Å². The SMILES string of the molecule is CC1=C(C(=O)OCC(Cl)(Cl)Cl)[C@H](c2ccccc2Cl)NC(=O)N1. The first-order valence-electron chi connectivity index (χ1n) is 6.45. The highest BCUT2D eigenvalue weighted by molar-refractivity contribution is 6.67. The molecular formula is C14H12Cl4N2O3. The van der Waals surface area contributed by atoms with Crippen molar-refractivity contribution in [2.45, 2.75) is 16.8 Å². The molecule has 0 fully saturated rings. The molecule has 23 heavy (non-hydrogen) atoms. The minimum atomic E-state index is -1.73. The van der Waals surface area contributed by atoms with Gasteiger partial charge in [0.2, 0.25) is 3.79 Å². The summed E-state index contributed by atoms with van der Waals surface area (Å²) >= 11 is 22.9. The smallest absolute Gasteiger partial charge is 0.338 e. The minimum absolute atomic E-state index is 0.187. The van der Waals surface area contributed by atoms with Gasteiger partial charge in [-0.05, 0) is 18.6 Å². The molecule has 1 atom stereocenters. The molecule has 0 saturated heterocycles. The molecule has 1 aromatic carbocycles. The van der Waals surface area contributed by atoms with E-state index in [4.69, 9.17) is 51.1 Å². The molecule has 1 aromatic rings. The van der Waals surface area contributed by atoms with E-state index in [0.717, 1.165) is 0 Å². The molecule has 124 valence electrons. The number of halogens is 4. The van der Waals surface area contributed by atoms with E-state index in [0.29, 0.717) is 16.3 Å². The minimum Gasteiger partial charge on any atom is -0.458 e. The predicted octanol–water partition coefficient (Wildman–Crippen LogP) is 3.88. The van der Waals surface area contributed by atoms with Gasteiger partial charge in [0.25, 0.3) is 0 Å². The molecule has 1 aliphatic heterocycles. The average Bonchev–Trinajstić information content (AvgIpc) is 2.43. The summed E-state index contributed by atoms with van der Waals surface area (Å²) < 4.78 is 3.29. The fourth-order valence-electron chi connectivity index (χ4n) is 2.13. The van der Waals surface area contributed by atoms with Gasteiger partial charge in [0.1, 0.15) is 6.61 Å². The van der Waals surface area contributed by atoms with Gasteiger partial charge < -0.3 is 15.4 Å². The van der Waals surface area contributed by atoms with Crippen molar-refractivity contribution in [3.63, 3.8) is 0 Å². The normalized spacial score (nSPS) is 18.3. The highest BCUT2D eigenvalue weighted by atomic mass is 35.6. The number of rotatable bonds is 3. The molecular weight excluding hydrogens is 386 g/mol. The second kappa shape index (κ2) is 7.18. The first kappa shape index (κ1) is 18.2. The first-order chi connectivity index (χ1) is 10.7. The molecule has 0 bridgehead atoms. The zero-order valence-corrected chi connectivity index (χ0v) is 14.9. The molecule has 2 N–H and O–H groups in total. The van der Waals surface area contributed by atoms with Crippen LogP contribution in [0.25, 0.3) is 0 Å². The van der Waals surface area contributed by atoms with Crippen molar-refractivity contribution in [2.24, 2.45) is 0 Å². The van der Waals surface area contributed by atoms with Crippen LogP contribution in [-0.4, -0.2) is 22.4 Å². The predicted molar refractivity (Wildman–Crippen MR) is 89.8 cm³/mol. The number of ether oxygens (including phenoxy) is 1. The number of alkyl halides is 3. The van der Waals surface area contributed by atoms with E-state index < -0.39 is 28.4 Å². The number of benzene rings is 1. The standard InChI is InChI=1S/C14H12Cl4N2O3/c1-7-10(12(21)23-6-14(16,17)18)11(20-13(22)19-7)8-4-2-3-5-9(8)15/h2-5,11H,6H2,1H3,(H2,19,20,22)/t11-/m0/s1. The van der Waals surface area contributed by atoms with E-state index in [2.05, 4.69) is 10.6 Å². The lowest BCUT2D eigenvalue weighted by molar-refractivity contribution is -0.139.